The molecule has 6 rings (SSSR count). The number of esters is 3. The maximum Gasteiger partial charge on any atom is 0.351 e. The fourth-order valence-corrected chi connectivity index (χ4v) is 5.17. The van der Waals surface area contributed by atoms with Crippen LogP contribution in [-0.4, -0.2) is 58.3 Å². The second-order valence-corrected chi connectivity index (χ2v) is 10.9. The summed E-state index contributed by atoms with van der Waals surface area (Å²) in [6.07, 6.45) is -5.29. The first kappa shape index (κ1) is 33.4. The zero-order chi connectivity index (χ0) is 35.0. The van der Waals surface area contributed by atoms with Crippen LogP contribution in [-0.2, 0) is 18.9 Å². The van der Waals surface area contributed by atoms with Gasteiger partial charge in [0.25, 0.3) is 5.91 Å². The van der Waals surface area contributed by atoms with Crippen molar-refractivity contribution in [3.63, 3.8) is 0 Å². The third-order valence-corrected chi connectivity index (χ3v) is 7.63. The Bertz CT molecular complexity index is 2050. The molecule has 2 heterocycles. The van der Waals surface area contributed by atoms with Crippen LogP contribution in [0, 0.1) is 5.82 Å². The molecule has 1 amide bonds. The number of ether oxygens (including phenoxy) is 4. The topological polar surface area (TPSA) is 152 Å². The fourth-order valence-electron chi connectivity index (χ4n) is 5.17. The predicted octanol–water partition coefficient (Wildman–Crippen LogP) is 4.84. The van der Waals surface area contributed by atoms with E-state index in [-0.39, 0.29) is 22.3 Å². The van der Waals surface area contributed by atoms with Gasteiger partial charge >= 0.3 is 23.6 Å². The number of hydrogen-bond donors (Lipinski definition) is 1. The van der Waals surface area contributed by atoms with E-state index in [1.54, 1.807) is 72.8 Å². The quantitative estimate of drug-likeness (QED) is 0.161. The van der Waals surface area contributed by atoms with Crippen molar-refractivity contribution in [2.75, 3.05) is 11.9 Å². The number of nitrogens with one attached hydrogen (secondary N) is 1. The number of rotatable bonds is 10. The first-order chi connectivity index (χ1) is 24.3. The van der Waals surface area contributed by atoms with Gasteiger partial charge in [0.2, 0.25) is 0 Å². The summed E-state index contributed by atoms with van der Waals surface area (Å²) in [6, 6.07) is 31.7. The molecule has 12 nitrogen and oxygen atoms in total. The maximum atomic E-state index is 15.5. The molecule has 252 valence electrons. The molecular weight excluding hydrogens is 649 g/mol. The Kier molecular flexibility index (Phi) is 10.1. The zero-order valence-corrected chi connectivity index (χ0v) is 26.1. The van der Waals surface area contributed by atoms with Gasteiger partial charge in [-0.2, -0.15) is 4.98 Å². The molecule has 13 heteroatoms. The minimum atomic E-state index is -1.63. The lowest BCUT2D eigenvalue weighted by Gasteiger charge is -2.25. The van der Waals surface area contributed by atoms with E-state index in [0.29, 0.717) is 4.57 Å². The lowest BCUT2D eigenvalue weighted by Crippen LogP contribution is -2.42. The Morgan fingerprint density at radius 2 is 1.14 bits per heavy atom. The third-order valence-electron chi connectivity index (χ3n) is 7.63. The highest BCUT2D eigenvalue weighted by Gasteiger charge is 2.52. The minimum absolute atomic E-state index is 0.119. The van der Waals surface area contributed by atoms with Gasteiger partial charge in [-0.25, -0.2) is 23.6 Å². The SMILES string of the molecule is O=C(Nc1nc(=O)n(C2OC(COC(=O)c3ccccc3)C(OC(=O)c3ccccc3)C2OC(=O)c2ccccc2)cc1F)c1ccccc1. The molecule has 1 fully saturated rings. The van der Waals surface area contributed by atoms with Crippen LogP contribution in [0.3, 0.4) is 0 Å². The van der Waals surface area contributed by atoms with Gasteiger partial charge in [0.05, 0.1) is 22.9 Å². The van der Waals surface area contributed by atoms with Crippen molar-refractivity contribution in [3.8, 4) is 0 Å². The zero-order valence-electron chi connectivity index (χ0n) is 26.1. The van der Waals surface area contributed by atoms with Crippen molar-refractivity contribution in [2.45, 2.75) is 24.5 Å². The second-order valence-electron chi connectivity index (χ2n) is 10.9. The molecule has 0 saturated carbocycles. The Hall–Kier alpha value is -6.47. The molecule has 4 atom stereocenters. The van der Waals surface area contributed by atoms with E-state index in [1.807, 2.05) is 0 Å². The molecule has 4 unspecified atom stereocenters. The van der Waals surface area contributed by atoms with E-state index in [9.17, 15) is 24.0 Å². The molecule has 1 aliphatic heterocycles. The van der Waals surface area contributed by atoms with Crippen LogP contribution in [0.25, 0.3) is 0 Å². The van der Waals surface area contributed by atoms with Crippen LogP contribution in [0.15, 0.2) is 132 Å². The highest BCUT2D eigenvalue weighted by molar-refractivity contribution is 6.03. The first-order valence-corrected chi connectivity index (χ1v) is 15.3. The summed E-state index contributed by atoms with van der Waals surface area (Å²) in [6.45, 7) is -0.522. The molecule has 1 aromatic heterocycles. The lowest BCUT2D eigenvalue weighted by atomic mass is 10.1. The molecule has 5 aromatic rings. The summed E-state index contributed by atoms with van der Waals surface area (Å²) >= 11 is 0. The number of hydrogen-bond acceptors (Lipinski definition) is 10. The van der Waals surface area contributed by atoms with Gasteiger partial charge < -0.3 is 24.3 Å². The summed E-state index contributed by atoms with van der Waals surface area (Å²) in [5.74, 6) is -4.93. The smallest absolute Gasteiger partial charge is 0.351 e. The summed E-state index contributed by atoms with van der Waals surface area (Å²) in [4.78, 5) is 69.4. The molecule has 0 spiro atoms. The van der Waals surface area contributed by atoms with Crippen LogP contribution >= 0.6 is 0 Å². The van der Waals surface area contributed by atoms with Crippen LogP contribution in [0.4, 0.5) is 10.2 Å². The lowest BCUT2D eigenvalue weighted by molar-refractivity contribution is -0.0642. The van der Waals surface area contributed by atoms with Crippen molar-refractivity contribution in [2.24, 2.45) is 0 Å². The number of amides is 1. The van der Waals surface area contributed by atoms with Crippen molar-refractivity contribution in [3.05, 3.63) is 166 Å². The Morgan fingerprint density at radius 3 is 1.66 bits per heavy atom. The monoisotopic (exact) mass is 677 g/mol. The minimum Gasteiger partial charge on any atom is -0.459 e. The van der Waals surface area contributed by atoms with E-state index in [2.05, 4.69) is 10.3 Å². The summed E-state index contributed by atoms with van der Waals surface area (Å²) < 4.78 is 39.5. The van der Waals surface area contributed by atoms with E-state index in [0.717, 1.165) is 6.20 Å². The van der Waals surface area contributed by atoms with Gasteiger partial charge in [-0.3, -0.25) is 9.36 Å². The number of anilines is 1. The standard InChI is InChI=1S/C37H28FN3O9/c38-27-21-41(37(46)40-31(27)39-32(42)23-13-5-1-6-14-23)33-30(50-36(45)26-19-11-4-12-20-26)29(49-35(44)25-17-9-3-10-18-25)28(48-33)22-47-34(43)24-15-7-2-8-16-24/h1-21,28-30,33H,22H2,(H,39,40,42,46). The largest absolute Gasteiger partial charge is 0.459 e. The maximum absolute atomic E-state index is 15.5. The molecule has 0 radical (unpaired) electrons. The van der Waals surface area contributed by atoms with Crippen LogP contribution in [0.2, 0.25) is 0 Å². The Balaban J connectivity index is 1.35. The number of carbonyl (C=O) groups is 4. The fraction of sp³-hybridized carbons (Fsp3) is 0.135. The van der Waals surface area contributed by atoms with E-state index < -0.39 is 72.3 Å². The van der Waals surface area contributed by atoms with Crippen LogP contribution in [0.1, 0.15) is 47.7 Å². The average Bonchev–Trinajstić information content (AvgIpc) is 3.48. The molecule has 50 heavy (non-hydrogen) atoms. The number of aromatic nitrogens is 2. The second kappa shape index (κ2) is 15.2. The van der Waals surface area contributed by atoms with Gasteiger partial charge in [-0.15, -0.1) is 0 Å². The van der Waals surface area contributed by atoms with Crippen molar-refractivity contribution in [1.29, 1.82) is 0 Å². The summed E-state index contributed by atoms with van der Waals surface area (Å²) in [7, 11) is 0. The molecule has 4 aromatic carbocycles. The Labute approximate surface area is 284 Å². The Morgan fingerprint density at radius 1 is 0.680 bits per heavy atom. The third kappa shape index (κ3) is 7.63. The number of nitrogens with zero attached hydrogens (tertiary/aromatic N) is 2. The highest BCUT2D eigenvalue weighted by atomic mass is 19.1. The molecule has 1 N–H and O–H groups in total. The molecule has 0 bridgehead atoms. The normalized spacial score (nSPS) is 18.1. The summed E-state index contributed by atoms with van der Waals surface area (Å²) in [5.41, 5.74) is -0.416. The van der Waals surface area contributed by atoms with Gasteiger partial charge in [0.1, 0.15) is 12.7 Å². The predicted molar refractivity (Wildman–Crippen MR) is 175 cm³/mol. The van der Waals surface area contributed by atoms with Crippen molar-refractivity contribution in [1.82, 2.24) is 9.55 Å². The van der Waals surface area contributed by atoms with E-state index in [1.165, 1.54) is 48.5 Å². The summed E-state index contributed by atoms with van der Waals surface area (Å²) in [5, 5.41) is 2.27. The van der Waals surface area contributed by atoms with Crippen LogP contribution < -0.4 is 11.0 Å². The van der Waals surface area contributed by atoms with Crippen LogP contribution in [0.5, 0.6) is 0 Å². The molecule has 1 saturated heterocycles. The van der Waals surface area contributed by atoms with Crippen molar-refractivity contribution < 1.29 is 42.5 Å². The highest BCUT2D eigenvalue weighted by Crippen LogP contribution is 2.35. The van der Waals surface area contributed by atoms with Gasteiger partial charge in [-0.1, -0.05) is 72.8 Å². The van der Waals surface area contributed by atoms with Crippen molar-refractivity contribution >= 4 is 29.6 Å². The van der Waals surface area contributed by atoms with Gasteiger partial charge in [-0.05, 0) is 48.5 Å². The van der Waals surface area contributed by atoms with Gasteiger partial charge in [0.15, 0.2) is 30.1 Å². The molecular formula is C37H28FN3O9. The van der Waals surface area contributed by atoms with E-state index in [4.69, 9.17) is 18.9 Å². The first-order valence-electron chi connectivity index (χ1n) is 15.3. The molecule has 0 aliphatic carbocycles. The average molecular weight is 678 g/mol. The number of halogens is 1. The molecule has 1 aliphatic rings. The number of benzene rings is 4. The number of carbonyl (C=O) groups excluding carboxylic acids is 4. The van der Waals surface area contributed by atoms with E-state index >= 15 is 4.39 Å². The van der Waals surface area contributed by atoms with Gasteiger partial charge in [0, 0.05) is 5.56 Å².